The smallest absolute Gasteiger partial charge is 0.132 e. The lowest BCUT2D eigenvalue weighted by molar-refractivity contribution is 0.557. The molecule has 2 heteroatoms. The molecule has 2 nitrogen and oxygen atoms in total. The first-order valence-electron chi connectivity index (χ1n) is 3.35. The molecule has 1 heterocycles. The summed E-state index contributed by atoms with van der Waals surface area (Å²) in [5, 5.41) is 0. The van der Waals surface area contributed by atoms with Gasteiger partial charge in [0.2, 0.25) is 0 Å². The molecular weight excluding hydrogens is 138 g/mol. The first-order chi connectivity index (χ1) is 5.36. The molecule has 0 unspecified atom stereocenters. The Labute approximate surface area is 65.8 Å². The number of hydrogen-bond donors (Lipinski definition) is 0. The first kappa shape index (κ1) is 7.58. The minimum Gasteiger partial charge on any atom is -0.350 e. The highest BCUT2D eigenvalue weighted by Gasteiger charge is 1.97. The summed E-state index contributed by atoms with van der Waals surface area (Å²) < 4.78 is 0. The van der Waals surface area contributed by atoms with E-state index in [2.05, 4.69) is 6.58 Å². The van der Waals surface area contributed by atoms with E-state index in [1.54, 1.807) is 18.2 Å². The Morgan fingerprint density at radius 3 is 2.64 bits per heavy atom. The molecule has 0 aromatic rings. The zero-order valence-corrected chi connectivity index (χ0v) is 6.16. The van der Waals surface area contributed by atoms with E-state index in [9.17, 15) is 4.79 Å². The maximum atomic E-state index is 10.1. The van der Waals surface area contributed by atoms with Crippen LogP contribution in [0.5, 0.6) is 0 Å². The average Bonchev–Trinajstić information content (AvgIpc) is 2.07. The highest BCUT2D eigenvalue weighted by molar-refractivity contribution is 5.62. The largest absolute Gasteiger partial charge is 0.350 e. The zero-order chi connectivity index (χ0) is 8.10. The van der Waals surface area contributed by atoms with Crippen molar-refractivity contribution in [2.75, 3.05) is 6.54 Å². The van der Waals surface area contributed by atoms with Gasteiger partial charge >= 0.3 is 0 Å². The normalized spacial score (nSPS) is 14.9. The summed E-state index contributed by atoms with van der Waals surface area (Å²) in [4.78, 5) is 12.0. The summed E-state index contributed by atoms with van der Waals surface area (Å²) in [6.45, 7) is 4.36. The van der Waals surface area contributed by atoms with Crippen molar-refractivity contribution in [3.05, 3.63) is 42.8 Å². The Kier molecular flexibility index (Phi) is 2.47. The first-order valence-corrected chi connectivity index (χ1v) is 3.35. The van der Waals surface area contributed by atoms with Crippen molar-refractivity contribution in [2.24, 2.45) is 0 Å². The topological polar surface area (TPSA) is 20.3 Å². The SMILES string of the molecule is C=CCN1C=CC(=C=O)C=C1. The van der Waals surface area contributed by atoms with E-state index in [1.165, 1.54) is 0 Å². The van der Waals surface area contributed by atoms with E-state index in [0.29, 0.717) is 5.57 Å². The molecular formula is C9H9NO. The molecule has 1 aliphatic rings. The molecule has 0 aliphatic carbocycles. The molecule has 0 fully saturated rings. The molecule has 0 N–H and O–H groups in total. The molecule has 1 aliphatic heterocycles. The predicted molar refractivity (Wildman–Crippen MR) is 44.4 cm³/mol. The fraction of sp³-hybridized carbons (Fsp3) is 0.111. The molecule has 0 aromatic heterocycles. The Morgan fingerprint density at radius 2 is 2.18 bits per heavy atom. The number of rotatable bonds is 2. The fourth-order valence-corrected chi connectivity index (χ4v) is 0.796. The lowest BCUT2D eigenvalue weighted by Gasteiger charge is -2.14. The van der Waals surface area contributed by atoms with Crippen LogP contribution in [0.25, 0.3) is 0 Å². The Balaban J connectivity index is 2.64. The van der Waals surface area contributed by atoms with Crippen molar-refractivity contribution in [3.63, 3.8) is 0 Å². The Bertz CT molecular complexity index is 241. The van der Waals surface area contributed by atoms with Gasteiger partial charge in [0.05, 0.1) is 5.57 Å². The molecule has 0 saturated carbocycles. The lowest BCUT2D eigenvalue weighted by atomic mass is 10.2. The Morgan fingerprint density at radius 1 is 1.55 bits per heavy atom. The molecule has 0 amide bonds. The summed E-state index contributed by atoms with van der Waals surface area (Å²) in [5.74, 6) is 1.81. The van der Waals surface area contributed by atoms with Gasteiger partial charge in [-0.2, -0.15) is 0 Å². The van der Waals surface area contributed by atoms with Crippen LogP contribution in [0.1, 0.15) is 0 Å². The fourth-order valence-electron chi connectivity index (χ4n) is 0.796. The van der Waals surface area contributed by atoms with Crippen LogP contribution >= 0.6 is 0 Å². The molecule has 0 radical (unpaired) electrons. The van der Waals surface area contributed by atoms with Crippen LogP contribution in [-0.4, -0.2) is 17.4 Å². The van der Waals surface area contributed by atoms with Crippen LogP contribution in [0, 0.1) is 0 Å². The van der Waals surface area contributed by atoms with Gasteiger partial charge in [-0.1, -0.05) is 6.08 Å². The molecule has 0 spiro atoms. The summed E-state index contributed by atoms with van der Waals surface area (Å²) >= 11 is 0. The van der Waals surface area contributed by atoms with Gasteiger partial charge in [0, 0.05) is 18.9 Å². The zero-order valence-electron chi connectivity index (χ0n) is 6.16. The van der Waals surface area contributed by atoms with E-state index >= 15 is 0 Å². The van der Waals surface area contributed by atoms with E-state index < -0.39 is 0 Å². The van der Waals surface area contributed by atoms with Crippen molar-refractivity contribution < 1.29 is 4.79 Å². The van der Waals surface area contributed by atoms with Crippen LogP contribution < -0.4 is 0 Å². The maximum Gasteiger partial charge on any atom is 0.132 e. The third-order valence-electron chi connectivity index (χ3n) is 1.35. The molecule has 11 heavy (non-hydrogen) atoms. The van der Waals surface area contributed by atoms with Crippen molar-refractivity contribution in [2.45, 2.75) is 0 Å². The molecule has 0 aromatic carbocycles. The second-order valence-electron chi connectivity index (χ2n) is 2.17. The summed E-state index contributed by atoms with van der Waals surface area (Å²) in [6.07, 6.45) is 8.88. The minimum atomic E-state index is 0.574. The summed E-state index contributed by atoms with van der Waals surface area (Å²) in [5.41, 5.74) is 0.574. The highest BCUT2D eigenvalue weighted by Crippen LogP contribution is 2.05. The molecule has 0 bridgehead atoms. The van der Waals surface area contributed by atoms with Crippen LogP contribution in [0.2, 0.25) is 0 Å². The van der Waals surface area contributed by atoms with Gasteiger partial charge in [0.25, 0.3) is 0 Å². The number of nitrogens with zero attached hydrogens (tertiary/aromatic N) is 1. The van der Waals surface area contributed by atoms with Gasteiger partial charge in [0.1, 0.15) is 5.94 Å². The van der Waals surface area contributed by atoms with Gasteiger partial charge in [-0.3, -0.25) is 0 Å². The van der Waals surface area contributed by atoms with Gasteiger partial charge in [-0.15, -0.1) is 6.58 Å². The van der Waals surface area contributed by atoms with Crippen LogP contribution in [0.15, 0.2) is 42.8 Å². The highest BCUT2D eigenvalue weighted by atomic mass is 16.1. The third-order valence-corrected chi connectivity index (χ3v) is 1.35. The Hall–Kier alpha value is -1.53. The van der Waals surface area contributed by atoms with Crippen LogP contribution in [-0.2, 0) is 4.79 Å². The third kappa shape index (κ3) is 1.95. The molecule has 56 valence electrons. The van der Waals surface area contributed by atoms with Gasteiger partial charge in [-0.25, -0.2) is 4.79 Å². The van der Waals surface area contributed by atoms with Crippen molar-refractivity contribution in [1.29, 1.82) is 0 Å². The minimum absolute atomic E-state index is 0.574. The second kappa shape index (κ2) is 3.59. The van der Waals surface area contributed by atoms with E-state index in [1.807, 2.05) is 23.2 Å². The van der Waals surface area contributed by atoms with E-state index in [4.69, 9.17) is 0 Å². The summed E-state index contributed by atoms with van der Waals surface area (Å²) in [7, 11) is 0. The van der Waals surface area contributed by atoms with Crippen molar-refractivity contribution in [3.8, 4) is 0 Å². The number of carbonyl (C=O) groups excluding carboxylic acids is 1. The van der Waals surface area contributed by atoms with Gasteiger partial charge in [-0.05, 0) is 12.2 Å². The van der Waals surface area contributed by atoms with Crippen molar-refractivity contribution >= 4 is 5.94 Å². The number of allylic oxidation sites excluding steroid dienone is 3. The van der Waals surface area contributed by atoms with Crippen LogP contribution in [0.4, 0.5) is 0 Å². The standard InChI is InChI=1S/C9H9NO/c1-2-5-10-6-3-9(8-11)4-7-10/h2-4,6-7H,1,5H2. The summed E-state index contributed by atoms with van der Waals surface area (Å²) in [6, 6.07) is 0. The lowest BCUT2D eigenvalue weighted by Crippen LogP contribution is -2.10. The van der Waals surface area contributed by atoms with Gasteiger partial charge < -0.3 is 4.90 Å². The number of hydrogen-bond acceptors (Lipinski definition) is 2. The maximum absolute atomic E-state index is 10.1. The predicted octanol–water partition coefficient (Wildman–Crippen LogP) is 1.27. The average molecular weight is 147 g/mol. The van der Waals surface area contributed by atoms with Gasteiger partial charge in [0.15, 0.2) is 0 Å². The molecule has 0 atom stereocenters. The monoisotopic (exact) mass is 147 g/mol. The quantitative estimate of drug-likeness (QED) is 0.433. The van der Waals surface area contributed by atoms with Crippen molar-refractivity contribution in [1.82, 2.24) is 4.90 Å². The second-order valence-corrected chi connectivity index (χ2v) is 2.17. The molecule has 0 saturated heterocycles. The molecule has 1 rings (SSSR count). The van der Waals surface area contributed by atoms with E-state index in [0.717, 1.165) is 6.54 Å². The van der Waals surface area contributed by atoms with Crippen LogP contribution in [0.3, 0.4) is 0 Å². The van der Waals surface area contributed by atoms with E-state index in [-0.39, 0.29) is 0 Å².